The maximum atomic E-state index is 3.47. The fourth-order valence-corrected chi connectivity index (χ4v) is 3.75. The molecule has 1 aliphatic rings. The lowest BCUT2D eigenvalue weighted by molar-refractivity contribution is 0.886. The molecule has 0 atom stereocenters. The Kier molecular flexibility index (Phi) is 4.58. The SMILES string of the molecule is BrCCc1ccc(SC2CCCC2)cc1. The van der Waals surface area contributed by atoms with Crippen LogP contribution in [-0.4, -0.2) is 10.6 Å². The molecule has 0 aliphatic heterocycles. The smallest absolute Gasteiger partial charge is 0.00944 e. The van der Waals surface area contributed by atoms with E-state index >= 15 is 0 Å². The molecule has 15 heavy (non-hydrogen) atoms. The third-order valence-electron chi connectivity index (χ3n) is 2.91. The summed E-state index contributed by atoms with van der Waals surface area (Å²) in [5, 5.41) is 1.94. The maximum absolute atomic E-state index is 3.47. The molecule has 0 aromatic heterocycles. The lowest BCUT2D eigenvalue weighted by atomic mass is 10.2. The fraction of sp³-hybridized carbons (Fsp3) is 0.538. The van der Waals surface area contributed by atoms with E-state index in [9.17, 15) is 0 Å². The van der Waals surface area contributed by atoms with Crippen molar-refractivity contribution in [2.24, 2.45) is 0 Å². The van der Waals surface area contributed by atoms with Crippen molar-refractivity contribution in [3.63, 3.8) is 0 Å². The Morgan fingerprint density at radius 1 is 1.13 bits per heavy atom. The largest absolute Gasteiger partial charge is 0.123 e. The molecular formula is C13H17BrS. The van der Waals surface area contributed by atoms with Crippen LogP contribution in [0.4, 0.5) is 0 Å². The van der Waals surface area contributed by atoms with E-state index in [4.69, 9.17) is 0 Å². The molecule has 1 saturated carbocycles. The molecule has 1 fully saturated rings. The van der Waals surface area contributed by atoms with Crippen molar-refractivity contribution in [3.8, 4) is 0 Å². The van der Waals surface area contributed by atoms with Crippen molar-refractivity contribution in [2.75, 3.05) is 5.33 Å². The van der Waals surface area contributed by atoms with E-state index < -0.39 is 0 Å². The van der Waals surface area contributed by atoms with Crippen molar-refractivity contribution in [1.82, 2.24) is 0 Å². The van der Waals surface area contributed by atoms with E-state index in [2.05, 4.69) is 52.0 Å². The Morgan fingerprint density at radius 2 is 1.80 bits per heavy atom. The van der Waals surface area contributed by atoms with Gasteiger partial charge in [0.25, 0.3) is 0 Å². The van der Waals surface area contributed by atoms with Crippen LogP contribution in [0.15, 0.2) is 29.2 Å². The minimum Gasteiger partial charge on any atom is -0.123 e. The number of benzene rings is 1. The molecule has 2 heteroatoms. The number of halogens is 1. The molecule has 0 nitrogen and oxygen atoms in total. The predicted molar refractivity (Wildman–Crippen MR) is 72.1 cm³/mol. The lowest BCUT2D eigenvalue weighted by Gasteiger charge is -2.08. The Hall–Kier alpha value is 0.0500. The number of hydrogen-bond donors (Lipinski definition) is 0. The van der Waals surface area contributed by atoms with Crippen molar-refractivity contribution in [3.05, 3.63) is 29.8 Å². The van der Waals surface area contributed by atoms with E-state index in [1.807, 2.05) is 0 Å². The first kappa shape index (κ1) is 11.5. The second-order valence-corrected chi connectivity index (χ2v) is 6.27. The van der Waals surface area contributed by atoms with E-state index in [1.165, 1.54) is 36.1 Å². The third-order valence-corrected chi connectivity index (χ3v) is 4.66. The quantitative estimate of drug-likeness (QED) is 0.725. The van der Waals surface area contributed by atoms with Crippen molar-refractivity contribution in [1.29, 1.82) is 0 Å². The topological polar surface area (TPSA) is 0 Å². The molecule has 0 heterocycles. The zero-order valence-corrected chi connectivity index (χ0v) is 11.3. The molecule has 82 valence electrons. The third kappa shape index (κ3) is 3.53. The molecule has 0 spiro atoms. The van der Waals surface area contributed by atoms with Crippen LogP contribution in [0, 0.1) is 0 Å². The minimum atomic E-state index is 0.882. The van der Waals surface area contributed by atoms with Crippen molar-refractivity contribution >= 4 is 27.7 Å². The van der Waals surface area contributed by atoms with Crippen LogP contribution in [0.2, 0.25) is 0 Å². The van der Waals surface area contributed by atoms with Gasteiger partial charge in [-0.05, 0) is 37.0 Å². The van der Waals surface area contributed by atoms with Crippen LogP contribution < -0.4 is 0 Å². The fourth-order valence-electron chi connectivity index (χ4n) is 2.04. The van der Waals surface area contributed by atoms with Crippen LogP contribution in [0.3, 0.4) is 0 Å². The normalized spacial score (nSPS) is 17.1. The standard InChI is InChI=1S/C13H17BrS/c14-10-9-11-5-7-13(8-6-11)15-12-3-1-2-4-12/h5-8,12H,1-4,9-10H2. The van der Waals surface area contributed by atoms with E-state index in [1.54, 1.807) is 0 Å². The number of hydrogen-bond acceptors (Lipinski definition) is 1. The summed E-state index contributed by atoms with van der Waals surface area (Å²) in [4.78, 5) is 1.44. The van der Waals surface area contributed by atoms with Crippen molar-refractivity contribution in [2.45, 2.75) is 42.2 Å². The van der Waals surface area contributed by atoms with Gasteiger partial charge >= 0.3 is 0 Å². The number of aryl methyl sites for hydroxylation is 1. The van der Waals surface area contributed by atoms with Gasteiger partial charge in [0.2, 0.25) is 0 Å². The molecule has 0 bridgehead atoms. The van der Waals surface area contributed by atoms with Crippen LogP contribution in [-0.2, 0) is 6.42 Å². The molecule has 0 radical (unpaired) electrons. The average molecular weight is 285 g/mol. The van der Waals surface area contributed by atoms with Gasteiger partial charge in [-0.2, -0.15) is 0 Å². The van der Waals surface area contributed by atoms with E-state index in [0.29, 0.717) is 0 Å². The molecule has 0 saturated heterocycles. The molecular weight excluding hydrogens is 268 g/mol. The number of rotatable bonds is 4. The summed E-state index contributed by atoms with van der Waals surface area (Å²) >= 11 is 5.54. The van der Waals surface area contributed by atoms with Gasteiger partial charge in [0.1, 0.15) is 0 Å². The first-order chi connectivity index (χ1) is 7.38. The summed E-state index contributed by atoms with van der Waals surface area (Å²) in [5.74, 6) is 0. The average Bonchev–Trinajstić information content (AvgIpc) is 2.74. The minimum absolute atomic E-state index is 0.882. The first-order valence-corrected chi connectivity index (χ1v) is 7.70. The Balaban J connectivity index is 1.91. The van der Waals surface area contributed by atoms with Crippen molar-refractivity contribution < 1.29 is 0 Å². The summed E-state index contributed by atoms with van der Waals surface area (Å²) < 4.78 is 0. The lowest BCUT2D eigenvalue weighted by Crippen LogP contribution is -1.93. The Labute approximate surface area is 105 Å². The summed E-state index contributed by atoms with van der Waals surface area (Å²) in [6.45, 7) is 0. The summed E-state index contributed by atoms with van der Waals surface area (Å²) in [7, 11) is 0. The van der Waals surface area contributed by atoms with Gasteiger partial charge in [0.05, 0.1) is 0 Å². The van der Waals surface area contributed by atoms with Gasteiger partial charge in [-0.25, -0.2) is 0 Å². The molecule has 0 amide bonds. The molecule has 1 aromatic carbocycles. The first-order valence-electron chi connectivity index (χ1n) is 5.70. The second kappa shape index (κ2) is 5.95. The van der Waals surface area contributed by atoms with Crippen LogP contribution in [0.1, 0.15) is 31.2 Å². The Bertz CT molecular complexity index is 288. The Morgan fingerprint density at radius 3 is 2.40 bits per heavy atom. The van der Waals surface area contributed by atoms with Gasteiger partial charge in [-0.3, -0.25) is 0 Å². The highest BCUT2D eigenvalue weighted by atomic mass is 79.9. The van der Waals surface area contributed by atoms with Gasteiger partial charge in [0, 0.05) is 15.5 Å². The van der Waals surface area contributed by atoms with Crippen LogP contribution >= 0.6 is 27.7 Å². The summed E-state index contributed by atoms with van der Waals surface area (Å²) in [6.07, 6.45) is 6.81. The second-order valence-electron chi connectivity index (χ2n) is 4.11. The number of alkyl halides is 1. The summed E-state index contributed by atoms with van der Waals surface area (Å²) in [5.41, 5.74) is 1.43. The van der Waals surface area contributed by atoms with E-state index in [0.717, 1.165) is 17.0 Å². The van der Waals surface area contributed by atoms with Gasteiger partial charge in [0.15, 0.2) is 0 Å². The molecule has 0 unspecified atom stereocenters. The predicted octanol–water partition coefficient (Wildman–Crippen LogP) is 4.66. The van der Waals surface area contributed by atoms with Crippen LogP contribution in [0.25, 0.3) is 0 Å². The summed E-state index contributed by atoms with van der Waals surface area (Å²) in [6, 6.07) is 9.08. The van der Waals surface area contributed by atoms with E-state index in [-0.39, 0.29) is 0 Å². The molecule has 0 N–H and O–H groups in total. The van der Waals surface area contributed by atoms with Gasteiger partial charge in [-0.1, -0.05) is 40.9 Å². The molecule has 2 rings (SSSR count). The maximum Gasteiger partial charge on any atom is 0.00944 e. The highest BCUT2D eigenvalue weighted by molar-refractivity contribution is 9.09. The highest BCUT2D eigenvalue weighted by Gasteiger charge is 2.15. The zero-order chi connectivity index (χ0) is 10.5. The van der Waals surface area contributed by atoms with Gasteiger partial charge < -0.3 is 0 Å². The van der Waals surface area contributed by atoms with Crippen LogP contribution in [0.5, 0.6) is 0 Å². The highest BCUT2D eigenvalue weighted by Crippen LogP contribution is 2.34. The molecule has 1 aliphatic carbocycles. The molecule has 1 aromatic rings. The van der Waals surface area contributed by atoms with Gasteiger partial charge in [-0.15, -0.1) is 11.8 Å². The number of thioether (sulfide) groups is 1. The zero-order valence-electron chi connectivity index (χ0n) is 8.92. The monoisotopic (exact) mass is 284 g/mol.